The number of aryl methyl sites for hydroxylation is 1. The SMILES string of the molecule is Cc1nn(-c2ccc(F)cc2)c2sc(C(=O)Nc3cccc(C(N)=O)c3)cc12. The van der Waals surface area contributed by atoms with E-state index < -0.39 is 5.91 Å². The Morgan fingerprint density at radius 1 is 1.14 bits per heavy atom. The number of amides is 2. The van der Waals surface area contributed by atoms with Crippen molar-refractivity contribution in [3.63, 3.8) is 0 Å². The molecule has 0 bridgehead atoms. The first kappa shape index (κ1) is 17.9. The van der Waals surface area contributed by atoms with Gasteiger partial charge in [0.15, 0.2) is 0 Å². The molecule has 8 heteroatoms. The minimum absolute atomic E-state index is 0.298. The van der Waals surface area contributed by atoms with Crippen LogP contribution in [0.3, 0.4) is 0 Å². The molecule has 28 heavy (non-hydrogen) atoms. The number of rotatable bonds is 4. The molecule has 0 atom stereocenters. The van der Waals surface area contributed by atoms with Crippen molar-refractivity contribution in [2.24, 2.45) is 5.73 Å². The predicted molar refractivity (Wildman–Crippen MR) is 107 cm³/mol. The molecular weight excluding hydrogens is 379 g/mol. The smallest absolute Gasteiger partial charge is 0.265 e. The van der Waals surface area contributed by atoms with Crippen molar-refractivity contribution in [1.29, 1.82) is 0 Å². The number of carbonyl (C=O) groups is 2. The summed E-state index contributed by atoms with van der Waals surface area (Å²) >= 11 is 1.28. The van der Waals surface area contributed by atoms with Crippen molar-refractivity contribution in [1.82, 2.24) is 9.78 Å². The van der Waals surface area contributed by atoms with Gasteiger partial charge in [-0.2, -0.15) is 5.10 Å². The number of carbonyl (C=O) groups excluding carboxylic acids is 2. The topological polar surface area (TPSA) is 90.0 Å². The fraction of sp³-hybridized carbons (Fsp3) is 0.0500. The van der Waals surface area contributed by atoms with Crippen LogP contribution in [0.2, 0.25) is 0 Å². The molecule has 0 spiro atoms. The number of anilines is 1. The summed E-state index contributed by atoms with van der Waals surface area (Å²) < 4.78 is 14.9. The highest BCUT2D eigenvalue weighted by Crippen LogP contribution is 2.31. The van der Waals surface area contributed by atoms with Crippen molar-refractivity contribution >= 4 is 39.1 Å². The fourth-order valence-corrected chi connectivity index (χ4v) is 3.94. The number of nitrogens with two attached hydrogens (primary N) is 1. The summed E-state index contributed by atoms with van der Waals surface area (Å²) in [6.07, 6.45) is 0. The Kier molecular flexibility index (Phi) is 4.40. The summed E-state index contributed by atoms with van der Waals surface area (Å²) in [6.45, 7) is 1.85. The molecule has 6 nitrogen and oxygen atoms in total. The van der Waals surface area contributed by atoms with E-state index in [4.69, 9.17) is 5.73 Å². The molecular formula is C20H15FN4O2S. The maximum absolute atomic E-state index is 13.2. The van der Waals surface area contributed by atoms with Crippen LogP contribution in [0.4, 0.5) is 10.1 Å². The monoisotopic (exact) mass is 394 g/mol. The van der Waals surface area contributed by atoms with Crippen LogP contribution in [0.1, 0.15) is 25.7 Å². The molecule has 4 rings (SSSR count). The van der Waals surface area contributed by atoms with E-state index in [-0.39, 0.29) is 11.7 Å². The molecule has 2 heterocycles. The Balaban J connectivity index is 1.67. The highest BCUT2D eigenvalue weighted by atomic mass is 32.1. The maximum atomic E-state index is 13.2. The first-order chi connectivity index (χ1) is 13.4. The van der Waals surface area contributed by atoms with Gasteiger partial charge < -0.3 is 11.1 Å². The van der Waals surface area contributed by atoms with Crippen LogP contribution in [0.25, 0.3) is 15.9 Å². The van der Waals surface area contributed by atoms with E-state index in [1.165, 1.54) is 29.5 Å². The van der Waals surface area contributed by atoms with E-state index >= 15 is 0 Å². The van der Waals surface area contributed by atoms with E-state index in [1.54, 1.807) is 41.1 Å². The van der Waals surface area contributed by atoms with E-state index in [1.807, 2.05) is 6.92 Å². The molecule has 140 valence electrons. The first-order valence-electron chi connectivity index (χ1n) is 8.39. The van der Waals surface area contributed by atoms with Crippen LogP contribution in [0.15, 0.2) is 54.6 Å². The number of nitrogens with one attached hydrogen (secondary N) is 1. The molecule has 2 amide bonds. The fourth-order valence-electron chi connectivity index (χ4n) is 2.86. The lowest BCUT2D eigenvalue weighted by atomic mass is 10.2. The third-order valence-electron chi connectivity index (χ3n) is 4.24. The summed E-state index contributed by atoms with van der Waals surface area (Å²) in [7, 11) is 0. The number of hydrogen-bond donors (Lipinski definition) is 2. The largest absolute Gasteiger partial charge is 0.366 e. The third-order valence-corrected chi connectivity index (χ3v) is 5.35. The second kappa shape index (κ2) is 6.90. The lowest BCUT2D eigenvalue weighted by Gasteiger charge is -2.05. The summed E-state index contributed by atoms with van der Waals surface area (Å²) in [5.41, 5.74) is 7.55. The van der Waals surface area contributed by atoms with Crippen LogP contribution >= 0.6 is 11.3 Å². The van der Waals surface area contributed by atoms with Gasteiger partial charge in [-0.1, -0.05) is 6.07 Å². The second-order valence-electron chi connectivity index (χ2n) is 6.20. The lowest BCUT2D eigenvalue weighted by Crippen LogP contribution is -2.13. The normalized spacial score (nSPS) is 10.9. The Morgan fingerprint density at radius 3 is 2.61 bits per heavy atom. The van der Waals surface area contributed by atoms with Crippen LogP contribution in [-0.2, 0) is 0 Å². The third kappa shape index (κ3) is 3.25. The van der Waals surface area contributed by atoms with Gasteiger partial charge in [0, 0.05) is 16.6 Å². The molecule has 0 radical (unpaired) electrons. The van der Waals surface area contributed by atoms with Crippen LogP contribution in [0, 0.1) is 12.7 Å². The van der Waals surface area contributed by atoms with Crippen molar-refractivity contribution in [2.45, 2.75) is 6.92 Å². The van der Waals surface area contributed by atoms with E-state index in [0.717, 1.165) is 15.9 Å². The van der Waals surface area contributed by atoms with Crippen LogP contribution in [-0.4, -0.2) is 21.6 Å². The van der Waals surface area contributed by atoms with Crippen molar-refractivity contribution in [3.8, 4) is 5.69 Å². The van der Waals surface area contributed by atoms with Crippen molar-refractivity contribution in [2.75, 3.05) is 5.32 Å². The number of fused-ring (bicyclic) bond motifs is 1. The summed E-state index contributed by atoms with van der Waals surface area (Å²) in [5.74, 6) is -1.19. The minimum atomic E-state index is -0.562. The number of primary amides is 1. The molecule has 4 aromatic rings. The van der Waals surface area contributed by atoms with Gasteiger partial charge in [-0.15, -0.1) is 11.3 Å². The molecule has 0 saturated heterocycles. The molecule has 0 fully saturated rings. The zero-order chi connectivity index (χ0) is 19.8. The molecule has 2 aromatic carbocycles. The van der Waals surface area contributed by atoms with E-state index in [9.17, 15) is 14.0 Å². The minimum Gasteiger partial charge on any atom is -0.366 e. The molecule has 3 N–H and O–H groups in total. The zero-order valence-electron chi connectivity index (χ0n) is 14.8. The van der Waals surface area contributed by atoms with Gasteiger partial charge in [-0.3, -0.25) is 9.59 Å². The van der Waals surface area contributed by atoms with Crippen molar-refractivity contribution in [3.05, 3.63) is 76.5 Å². The second-order valence-corrected chi connectivity index (χ2v) is 7.23. The van der Waals surface area contributed by atoms with Gasteiger partial charge in [-0.25, -0.2) is 9.07 Å². The van der Waals surface area contributed by atoms with Gasteiger partial charge in [0.1, 0.15) is 10.6 Å². The number of thiophene rings is 1. The van der Waals surface area contributed by atoms with Gasteiger partial charge in [0.05, 0.1) is 16.3 Å². The van der Waals surface area contributed by atoms with Gasteiger partial charge in [-0.05, 0) is 55.5 Å². The standard InChI is InChI=1S/C20H15FN4O2S/c1-11-16-10-17(19(27)23-14-4-2-3-12(9-14)18(22)26)28-20(16)25(24-11)15-7-5-13(21)6-8-15/h2-10H,1H3,(H2,22,26)(H,23,27). The zero-order valence-corrected chi connectivity index (χ0v) is 15.6. The Hall–Kier alpha value is -3.52. The first-order valence-corrected chi connectivity index (χ1v) is 9.20. The quantitative estimate of drug-likeness (QED) is 0.550. The van der Waals surface area contributed by atoms with Crippen LogP contribution in [0.5, 0.6) is 0 Å². The molecule has 0 aliphatic rings. The van der Waals surface area contributed by atoms with E-state index in [0.29, 0.717) is 21.8 Å². The maximum Gasteiger partial charge on any atom is 0.265 e. The summed E-state index contributed by atoms with van der Waals surface area (Å²) in [6, 6.07) is 14.2. The summed E-state index contributed by atoms with van der Waals surface area (Å²) in [4.78, 5) is 25.3. The van der Waals surface area contributed by atoms with Gasteiger partial charge in [0.2, 0.25) is 5.91 Å². The van der Waals surface area contributed by atoms with Gasteiger partial charge >= 0.3 is 0 Å². The number of nitrogens with zero attached hydrogens (tertiary/aromatic N) is 2. The number of halogens is 1. The van der Waals surface area contributed by atoms with Gasteiger partial charge in [0.25, 0.3) is 5.91 Å². The molecule has 0 aliphatic carbocycles. The highest BCUT2D eigenvalue weighted by Gasteiger charge is 2.17. The average Bonchev–Trinajstić information content (AvgIpc) is 3.24. The Bertz CT molecular complexity index is 1210. The number of benzene rings is 2. The molecule has 2 aromatic heterocycles. The van der Waals surface area contributed by atoms with Crippen LogP contribution < -0.4 is 11.1 Å². The highest BCUT2D eigenvalue weighted by molar-refractivity contribution is 7.20. The molecule has 0 aliphatic heterocycles. The Labute approximate surface area is 163 Å². The predicted octanol–water partition coefficient (Wildman–Crippen LogP) is 3.89. The number of aromatic nitrogens is 2. The van der Waals surface area contributed by atoms with Crippen molar-refractivity contribution < 1.29 is 14.0 Å². The number of hydrogen-bond acceptors (Lipinski definition) is 4. The molecule has 0 saturated carbocycles. The van der Waals surface area contributed by atoms with E-state index in [2.05, 4.69) is 10.4 Å². The average molecular weight is 394 g/mol. The molecule has 0 unspecified atom stereocenters. The Morgan fingerprint density at radius 2 is 1.89 bits per heavy atom. The lowest BCUT2D eigenvalue weighted by molar-refractivity contribution is 0.0996. The summed E-state index contributed by atoms with van der Waals surface area (Å²) in [5, 5.41) is 8.11.